The number of hydrogen-bond acceptors (Lipinski definition) is 1. The molecule has 4 nitrogen and oxygen atoms in total. The topological polar surface area (TPSA) is 49.0 Å². The summed E-state index contributed by atoms with van der Waals surface area (Å²) in [6.45, 7) is 3.82. The molecule has 0 radical (unpaired) electrons. The second-order valence-corrected chi connectivity index (χ2v) is 2.41. The minimum absolute atomic E-state index is 0. The molecule has 1 aliphatic heterocycles. The zero-order valence-electron chi connectivity index (χ0n) is 6.64. The summed E-state index contributed by atoms with van der Waals surface area (Å²) in [5.74, 6) is 0. The SMILES string of the molecule is CNC(=O)N1CC[NH2+]CC1.[Cl-]. The maximum absolute atomic E-state index is 11.0. The number of piperazine rings is 1. The molecular weight excluding hydrogens is 166 g/mol. The lowest BCUT2D eigenvalue weighted by atomic mass is 10.4. The Labute approximate surface area is 72.7 Å². The highest BCUT2D eigenvalue weighted by Gasteiger charge is 2.15. The van der Waals surface area contributed by atoms with Crippen molar-refractivity contribution in [1.29, 1.82) is 0 Å². The van der Waals surface area contributed by atoms with E-state index < -0.39 is 0 Å². The van der Waals surface area contributed by atoms with E-state index in [2.05, 4.69) is 10.6 Å². The number of rotatable bonds is 0. The van der Waals surface area contributed by atoms with Gasteiger partial charge in [0, 0.05) is 7.05 Å². The quantitative estimate of drug-likeness (QED) is 0.386. The average molecular weight is 180 g/mol. The summed E-state index contributed by atoms with van der Waals surface area (Å²) < 4.78 is 0. The molecule has 2 amide bonds. The van der Waals surface area contributed by atoms with E-state index in [1.165, 1.54) is 0 Å². The number of carbonyl (C=O) groups is 1. The maximum Gasteiger partial charge on any atom is 0.317 e. The molecule has 0 aromatic carbocycles. The third-order valence-electron chi connectivity index (χ3n) is 1.71. The van der Waals surface area contributed by atoms with Gasteiger partial charge in [0.1, 0.15) is 0 Å². The molecule has 0 aliphatic carbocycles. The highest BCUT2D eigenvalue weighted by Crippen LogP contribution is 1.87. The summed E-state index contributed by atoms with van der Waals surface area (Å²) in [5.41, 5.74) is 0. The number of quaternary nitrogens is 1. The molecule has 66 valence electrons. The Morgan fingerprint density at radius 1 is 1.45 bits per heavy atom. The molecule has 1 fully saturated rings. The van der Waals surface area contributed by atoms with Crippen molar-refractivity contribution in [2.75, 3.05) is 33.2 Å². The number of amides is 2. The van der Waals surface area contributed by atoms with Gasteiger partial charge in [-0.15, -0.1) is 0 Å². The fraction of sp³-hybridized carbons (Fsp3) is 0.833. The van der Waals surface area contributed by atoms with E-state index in [1.807, 2.05) is 4.90 Å². The van der Waals surface area contributed by atoms with Gasteiger partial charge in [0.15, 0.2) is 0 Å². The average Bonchev–Trinajstić information content (AvgIpc) is 2.05. The van der Waals surface area contributed by atoms with Crippen molar-refractivity contribution in [3.05, 3.63) is 0 Å². The first-order valence-corrected chi connectivity index (χ1v) is 3.63. The predicted molar refractivity (Wildman–Crippen MR) is 37.7 cm³/mol. The van der Waals surface area contributed by atoms with Crippen LogP contribution in [-0.4, -0.2) is 44.2 Å². The predicted octanol–water partition coefficient (Wildman–Crippen LogP) is -4.79. The lowest BCUT2D eigenvalue weighted by Crippen LogP contribution is -3.00. The molecule has 1 aliphatic rings. The van der Waals surface area contributed by atoms with Crippen LogP contribution in [0.2, 0.25) is 0 Å². The molecule has 0 aromatic rings. The van der Waals surface area contributed by atoms with Crippen LogP contribution in [0, 0.1) is 0 Å². The van der Waals surface area contributed by atoms with Gasteiger partial charge in [-0.25, -0.2) is 4.79 Å². The Kier molecular flexibility index (Phi) is 4.98. The molecule has 1 rings (SSSR count). The van der Waals surface area contributed by atoms with Crippen molar-refractivity contribution in [1.82, 2.24) is 10.2 Å². The van der Waals surface area contributed by atoms with Crippen LogP contribution in [0.3, 0.4) is 0 Å². The molecule has 0 unspecified atom stereocenters. The van der Waals surface area contributed by atoms with Crippen LogP contribution < -0.4 is 23.0 Å². The summed E-state index contributed by atoms with van der Waals surface area (Å²) in [6.07, 6.45) is 0. The van der Waals surface area contributed by atoms with Crippen LogP contribution >= 0.6 is 0 Å². The zero-order chi connectivity index (χ0) is 7.40. The highest BCUT2D eigenvalue weighted by molar-refractivity contribution is 5.73. The van der Waals surface area contributed by atoms with Gasteiger partial charge in [-0.05, 0) is 0 Å². The van der Waals surface area contributed by atoms with Gasteiger partial charge < -0.3 is 27.9 Å². The smallest absolute Gasteiger partial charge is 0.317 e. The maximum atomic E-state index is 11.0. The fourth-order valence-electron chi connectivity index (χ4n) is 1.11. The molecule has 1 saturated heterocycles. The van der Waals surface area contributed by atoms with Gasteiger partial charge in [-0.3, -0.25) is 0 Å². The van der Waals surface area contributed by atoms with E-state index in [1.54, 1.807) is 7.05 Å². The third kappa shape index (κ3) is 2.95. The lowest BCUT2D eigenvalue weighted by Gasteiger charge is -2.24. The Morgan fingerprint density at radius 3 is 2.45 bits per heavy atom. The van der Waals surface area contributed by atoms with E-state index in [4.69, 9.17) is 0 Å². The fourth-order valence-corrected chi connectivity index (χ4v) is 1.11. The number of nitrogens with zero attached hydrogens (tertiary/aromatic N) is 1. The van der Waals surface area contributed by atoms with E-state index in [9.17, 15) is 4.79 Å². The Bertz CT molecular complexity index is 125. The Balaban J connectivity index is 0.000001000. The molecule has 0 atom stereocenters. The van der Waals surface area contributed by atoms with Crippen LogP contribution in [-0.2, 0) is 0 Å². The van der Waals surface area contributed by atoms with Crippen LogP contribution in [0.4, 0.5) is 4.79 Å². The summed E-state index contributed by atoms with van der Waals surface area (Å²) in [6, 6.07) is 0.0492. The molecule has 11 heavy (non-hydrogen) atoms. The molecule has 0 aromatic heterocycles. The monoisotopic (exact) mass is 179 g/mol. The molecule has 1 heterocycles. The lowest BCUT2D eigenvalue weighted by molar-refractivity contribution is -0.661. The van der Waals surface area contributed by atoms with Crippen LogP contribution in [0.15, 0.2) is 0 Å². The number of nitrogens with one attached hydrogen (secondary N) is 1. The molecule has 0 bridgehead atoms. The molecule has 0 saturated carbocycles. The number of urea groups is 1. The van der Waals surface area contributed by atoms with Crippen molar-refractivity contribution in [2.24, 2.45) is 0 Å². The van der Waals surface area contributed by atoms with Crippen molar-refractivity contribution in [2.45, 2.75) is 0 Å². The minimum Gasteiger partial charge on any atom is -1.00 e. The number of halogens is 1. The van der Waals surface area contributed by atoms with Gasteiger partial charge >= 0.3 is 6.03 Å². The Hall–Kier alpha value is -0.480. The van der Waals surface area contributed by atoms with Crippen LogP contribution in [0.5, 0.6) is 0 Å². The van der Waals surface area contributed by atoms with Crippen LogP contribution in [0.1, 0.15) is 0 Å². The summed E-state index contributed by atoms with van der Waals surface area (Å²) >= 11 is 0. The minimum atomic E-state index is 0. The van der Waals surface area contributed by atoms with Gasteiger partial charge in [0.2, 0.25) is 0 Å². The van der Waals surface area contributed by atoms with Gasteiger partial charge in [0.05, 0.1) is 26.2 Å². The summed E-state index contributed by atoms with van der Waals surface area (Å²) in [5, 5.41) is 4.83. The van der Waals surface area contributed by atoms with E-state index in [0.717, 1.165) is 26.2 Å². The normalized spacial score (nSPS) is 17.0. The molecule has 0 spiro atoms. The highest BCUT2D eigenvalue weighted by atomic mass is 35.5. The van der Waals surface area contributed by atoms with Crippen molar-refractivity contribution in [3.63, 3.8) is 0 Å². The molecule has 5 heteroatoms. The van der Waals surface area contributed by atoms with Crippen LogP contribution in [0.25, 0.3) is 0 Å². The molecular formula is C6H14ClN3O. The number of carbonyl (C=O) groups excluding carboxylic acids is 1. The van der Waals surface area contributed by atoms with Crippen molar-refractivity contribution < 1.29 is 22.5 Å². The van der Waals surface area contributed by atoms with Gasteiger partial charge in [0.25, 0.3) is 0 Å². The first-order chi connectivity index (χ1) is 4.84. The standard InChI is InChI=1S/C6H13N3O.ClH/c1-7-6(10)9-4-2-8-3-5-9;/h8H,2-5H2,1H3,(H,7,10);1H. The van der Waals surface area contributed by atoms with Gasteiger partial charge in [-0.2, -0.15) is 0 Å². The van der Waals surface area contributed by atoms with E-state index >= 15 is 0 Å². The second kappa shape index (κ2) is 5.21. The van der Waals surface area contributed by atoms with Crippen molar-refractivity contribution in [3.8, 4) is 0 Å². The van der Waals surface area contributed by atoms with Crippen molar-refractivity contribution >= 4 is 6.03 Å². The zero-order valence-corrected chi connectivity index (χ0v) is 7.40. The molecule has 3 N–H and O–H groups in total. The Morgan fingerprint density at radius 2 is 2.00 bits per heavy atom. The number of nitrogens with two attached hydrogens (primary N) is 1. The van der Waals surface area contributed by atoms with Gasteiger partial charge in [-0.1, -0.05) is 0 Å². The van der Waals surface area contributed by atoms with E-state index in [0.29, 0.717) is 0 Å². The largest absolute Gasteiger partial charge is 1.00 e. The number of hydrogen-bond donors (Lipinski definition) is 2. The third-order valence-corrected chi connectivity index (χ3v) is 1.71. The first kappa shape index (κ1) is 10.5. The second-order valence-electron chi connectivity index (χ2n) is 2.41. The summed E-state index contributed by atoms with van der Waals surface area (Å²) in [4.78, 5) is 12.8. The van der Waals surface area contributed by atoms with E-state index in [-0.39, 0.29) is 18.4 Å². The summed E-state index contributed by atoms with van der Waals surface area (Å²) in [7, 11) is 1.67. The first-order valence-electron chi connectivity index (χ1n) is 3.63.